The first-order chi connectivity index (χ1) is 12.8. The number of hydrogen-bond acceptors (Lipinski definition) is 6. The molecular formula is C18H27N3O5S. The molecule has 8 nitrogen and oxygen atoms in total. The van der Waals surface area contributed by atoms with Crippen LogP contribution in [-0.4, -0.2) is 55.5 Å². The van der Waals surface area contributed by atoms with Crippen LogP contribution >= 0.6 is 0 Å². The molecule has 1 aromatic rings. The molecule has 0 aliphatic carbocycles. The largest absolute Gasteiger partial charge is 0.396 e. The molecule has 1 atom stereocenters. The van der Waals surface area contributed by atoms with Crippen LogP contribution in [0.25, 0.3) is 0 Å². The van der Waals surface area contributed by atoms with Crippen molar-refractivity contribution in [3.63, 3.8) is 0 Å². The van der Waals surface area contributed by atoms with Crippen molar-refractivity contribution in [2.45, 2.75) is 37.5 Å². The average molecular weight is 397 g/mol. The number of benzene rings is 1. The molecule has 3 rings (SSSR count). The smallest absolute Gasteiger partial charge is 0.293 e. The molecule has 27 heavy (non-hydrogen) atoms. The summed E-state index contributed by atoms with van der Waals surface area (Å²) in [4.78, 5) is 13.0. The number of rotatable bonds is 5. The molecule has 9 heteroatoms. The highest BCUT2D eigenvalue weighted by molar-refractivity contribution is 7.89. The highest BCUT2D eigenvalue weighted by atomic mass is 32.2. The molecule has 2 fully saturated rings. The quantitative estimate of drug-likeness (QED) is 0.603. The standard InChI is InChI=1S/C18H27N3O5S/c1-14-6-9-20(10-7-14)27(25,26)16-4-5-17(18(11-16)21(23)24)19-8-2-3-15(12-19)13-22/h4-5,11,14-15,22H,2-3,6-10,12-13H2,1H3/t15-/m0/s1. The van der Waals surface area contributed by atoms with Gasteiger partial charge < -0.3 is 10.0 Å². The summed E-state index contributed by atoms with van der Waals surface area (Å²) in [7, 11) is -3.73. The van der Waals surface area contributed by atoms with Crippen molar-refractivity contribution < 1.29 is 18.4 Å². The van der Waals surface area contributed by atoms with Gasteiger partial charge in [-0.15, -0.1) is 0 Å². The molecule has 0 unspecified atom stereocenters. The van der Waals surface area contributed by atoms with Crippen molar-refractivity contribution in [2.24, 2.45) is 11.8 Å². The number of aliphatic hydroxyl groups excluding tert-OH is 1. The Morgan fingerprint density at radius 3 is 2.56 bits per heavy atom. The van der Waals surface area contributed by atoms with Crippen molar-refractivity contribution in [3.8, 4) is 0 Å². The van der Waals surface area contributed by atoms with Crippen LogP contribution in [0.15, 0.2) is 23.1 Å². The zero-order chi connectivity index (χ0) is 19.6. The molecule has 0 spiro atoms. The Labute approximate surface area is 160 Å². The molecule has 1 aromatic carbocycles. The van der Waals surface area contributed by atoms with E-state index < -0.39 is 14.9 Å². The number of nitro groups is 1. The molecule has 0 radical (unpaired) electrons. The van der Waals surface area contributed by atoms with Crippen LogP contribution < -0.4 is 4.90 Å². The van der Waals surface area contributed by atoms with Gasteiger partial charge in [-0.2, -0.15) is 4.31 Å². The SMILES string of the molecule is CC1CCN(S(=O)(=O)c2ccc(N3CCC[C@H](CO)C3)c([N+](=O)[O-])c2)CC1. The van der Waals surface area contributed by atoms with Gasteiger partial charge in [-0.1, -0.05) is 6.92 Å². The topological polar surface area (TPSA) is 104 Å². The lowest BCUT2D eigenvalue weighted by Crippen LogP contribution is -2.38. The van der Waals surface area contributed by atoms with E-state index in [1.807, 2.05) is 4.90 Å². The Morgan fingerprint density at radius 1 is 1.22 bits per heavy atom. The van der Waals surface area contributed by atoms with Crippen LogP contribution in [0.4, 0.5) is 11.4 Å². The van der Waals surface area contributed by atoms with E-state index in [2.05, 4.69) is 6.92 Å². The summed E-state index contributed by atoms with van der Waals surface area (Å²) >= 11 is 0. The highest BCUT2D eigenvalue weighted by Gasteiger charge is 2.31. The zero-order valence-corrected chi connectivity index (χ0v) is 16.4. The first-order valence-electron chi connectivity index (χ1n) is 9.47. The number of sulfonamides is 1. The fourth-order valence-corrected chi connectivity index (χ4v) is 5.37. The predicted octanol–water partition coefficient (Wildman–Crippen LogP) is 2.22. The van der Waals surface area contributed by atoms with Gasteiger partial charge in [-0.25, -0.2) is 8.42 Å². The van der Waals surface area contributed by atoms with Gasteiger partial charge in [0.05, 0.1) is 9.82 Å². The molecule has 2 aliphatic heterocycles. The normalized spacial score (nSPS) is 22.7. The minimum Gasteiger partial charge on any atom is -0.396 e. The summed E-state index contributed by atoms with van der Waals surface area (Å²) in [5.74, 6) is 0.573. The minimum absolute atomic E-state index is 0.0248. The second-order valence-electron chi connectivity index (χ2n) is 7.63. The number of nitrogens with zero attached hydrogens (tertiary/aromatic N) is 3. The van der Waals surface area contributed by atoms with Crippen LogP contribution in [0.3, 0.4) is 0 Å². The number of hydrogen-bond donors (Lipinski definition) is 1. The fraction of sp³-hybridized carbons (Fsp3) is 0.667. The zero-order valence-electron chi connectivity index (χ0n) is 15.6. The number of piperidine rings is 2. The number of anilines is 1. The highest BCUT2D eigenvalue weighted by Crippen LogP contribution is 2.35. The van der Waals surface area contributed by atoms with Crippen molar-refractivity contribution in [3.05, 3.63) is 28.3 Å². The first kappa shape index (κ1) is 20.0. The summed E-state index contributed by atoms with van der Waals surface area (Å²) in [6.45, 7) is 4.24. The van der Waals surface area contributed by atoms with Crippen LogP contribution in [0.1, 0.15) is 32.6 Å². The molecule has 2 aliphatic rings. The maximum atomic E-state index is 12.9. The van der Waals surface area contributed by atoms with Crippen molar-refractivity contribution in [2.75, 3.05) is 37.7 Å². The Hall–Kier alpha value is -1.71. The third kappa shape index (κ3) is 4.25. The minimum atomic E-state index is -3.73. The van der Waals surface area contributed by atoms with Gasteiger partial charge in [0.25, 0.3) is 5.69 Å². The molecule has 0 saturated carbocycles. The lowest BCUT2D eigenvalue weighted by atomic mass is 9.98. The summed E-state index contributed by atoms with van der Waals surface area (Å²) in [5, 5.41) is 21.0. The van der Waals surface area contributed by atoms with E-state index in [-0.39, 0.29) is 23.1 Å². The van der Waals surface area contributed by atoms with Gasteiger partial charge in [0.2, 0.25) is 10.0 Å². The molecule has 1 N–H and O–H groups in total. The first-order valence-corrected chi connectivity index (χ1v) is 10.9. The van der Waals surface area contributed by atoms with Gasteiger partial charge >= 0.3 is 0 Å². The van der Waals surface area contributed by atoms with Gasteiger partial charge in [0, 0.05) is 38.9 Å². The van der Waals surface area contributed by atoms with Crippen molar-refractivity contribution >= 4 is 21.4 Å². The monoisotopic (exact) mass is 397 g/mol. The Balaban J connectivity index is 1.90. The van der Waals surface area contributed by atoms with Crippen molar-refractivity contribution in [1.82, 2.24) is 4.31 Å². The van der Waals surface area contributed by atoms with E-state index in [1.165, 1.54) is 22.5 Å². The third-order valence-electron chi connectivity index (χ3n) is 5.64. The molecule has 0 amide bonds. The predicted molar refractivity (Wildman–Crippen MR) is 102 cm³/mol. The fourth-order valence-electron chi connectivity index (χ4n) is 3.88. The summed E-state index contributed by atoms with van der Waals surface area (Å²) in [6.07, 6.45) is 3.33. The maximum Gasteiger partial charge on any atom is 0.293 e. The van der Waals surface area contributed by atoms with E-state index >= 15 is 0 Å². The second-order valence-corrected chi connectivity index (χ2v) is 9.57. The summed E-state index contributed by atoms with van der Waals surface area (Å²) < 4.78 is 27.2. The van der Waals surface area contributed by atoms with Gasteiger partial charge in [0.1, 0.15) is 5.69 Å². The maximum absolute atomic E-state index is 12.9. The molecule has 2 heterocycles. The molecule has 0 bridgehead atoms. The van der Waals surface area contributed by atoms with E-state index in [4.69, 9.17) is 0 Å². The Kier molecular flexibility index (Phi) is 6.02. The van der Waals surface area contributed by atoms with Gasteiger partial charge in [-0.3, -0.25) is 10.1 Å². The molecule has 0 aromatic heterocycles. The van der Waals surface area contributed by atoms with E-state index in [0.717, 1.165) is 25.7 Å². The van der Waals surface area contributed by atoms with Crippen LogP contribution in [0, 0.1) is 22.0 Å². The average Bonchev–Trinajstić information content (AvgIpc) is 2.67. The van der Waals surface area contributed by atoms with Gasteiger partial charge in [0.15, 0.2) is 0 Å². The lowest BCUT2D eigenvalue weighted by Gasteiger charge is -2.33. The van der Waals surface area contributed by atoms with Crippen LogP contribution in [0.5, 0.6) is 0 Å². The third-order valence-corrected chi connectivity index (χ3v) is 7.54. The molecule has 150 valence electrons. The van der Waals surface area contributed by atoms with E-state index in [0.29, 0.717) is 37.8 Å². The Bertz CT molecular complexity index is 790. The summed E-state index contributed by atoms with van der Waals surface area (Å²) in [5.41, 5.74) is 0.226. The molecular weight excluding hydrogens is 370 g/mol. The van der Waals surface area contributed by atoms with Gasteiger partial charge in [-0.05, 0) is 49.7 Å². The number of nitro benzene ring substituents is 1. The Morgan fingerprint density at radius 2 is 1.93 bits per heavy atom. The molecule has 2 saturated heterocycles. The van der Waals surface area contributed by atoms with Crippen LogP contribution in [-0.2, 0) is 10.0 Å². The lowest BCUT2D eigenvalue weighted by molar-refractivity contribution is -0.384. The van der Waals surface area contributed by atoms with Crippen LogP contribution in [0.2, 0.25) is 0 Å². The second kappa shape index (κ2) is 8.12. The van der Waals surface area contributed by atoms with Crippen molar-refractivity contribution in [1.29, 1.82) is 0 Å². The number of aliphatic hydroxyl groups is 1. The van der Waals surface area contributed by atoms with E-state index in [1.54, 1.807) is 0 Å². The van der Waals surface area contributed by atoms with E-state index in [9.17, 15) is 23.6 Å². The summed E-state index contributed by atoms with van der Waals surface area (Å²) in [6, 6.07) is 4.20.